The first-order valence-electron chi connectivity index (χ1n) is 10.7. The number of rotatable bonds is 7. The number of ether oxygens (including phenoxy) is 2. The normalized spacial score (nSPS) is 11.1. The molecule has 4 aromatic rings. The van der Waals surface area contributed by atoms with Gasteiger partial charge in [-0.1, -0.05) is 0 Å². The number of aromatic carboxylic acids is 1. The summed E-state index contributed by atoms with van der Waals surface area (Å²) in [6.45, 7) is 8.68. The van der Waals surface area contributed by atoms with Crippen molar-refractivity contribution in [1.29, 1.82) is 0 Å². The van der Waals surface area contributed by atoms with Crippen LogP contribution in [0.25, 0.3) is 21.8 Å². The Balaban J connectivity index is 1.89. The minimum absolute atomic E-state index is 0.0312. The summed E-state index contributed by atoms with van der Waals surface area (Å²) >= 11 is 0. The zero-order valence-electron chi connectivity index (χ0n) is 20.0. The van der Waals surface area contributed by atoms with Gasteiger partial charge < -0.3 is 19.9 Å². The summed E-state index contributed by atoms with van der Waals surface area (Å²) in [6.07, 6.45) is -2.13. The molecular formula is C24H18F3N7O4. The Labute approximate surface area is 213 Å². The van der Waals surface area contributed by atoms with Gasteiger partial charge in [0, 0.05) is 41.0 Å². The van der Waals surface area contributed by atoms with Crippen LogP contribution in [-0.2, 0) is 6.18 Å². The van der Waals surface area contributed by atoms with Gasteiger partial charge in [-0.2, -0.15) is 23.3 Å². The van der Waals surface area contributed by atoms with Crippen LogP contribution in [0.2, 0.25) is 0 Å². The van der Waals surface area contributed by atoms with Crippen LogP contribution in [-0.4, -0.2) is 50.0 Å². The molecule has 0 aliphatic carbocycles. The van der Waals surface area contributed by atoms with Gasteiger partial charge in [-0.15, -0.1) is 0 Å². The molecule has 2 N–H and O–H groups in total. The average Bonchev–Trinajstić information content (AvgIpc) is 3.30. The fourth-order valence-corrected chi connectivity index (χ4v) is 3.51. The summed E-state index contributed by atoms with van der Waals surface area (Å²) in [7, 11) is 2.69. The van der Waals surface area contributed by atoms with E-state index in [0.29, 0.717) is 11.4 Å². The number of anilines is 2. The van der Waals surface area contributed by atoms with Crippen molar-refractivity contribution < 1.29 is 32.5 Å². The fraction of sp³-hybridized carbons (Fsp3) is 0.167. The standard InChI is InChI=1S/C24H18F3N7O4/c1-12-5-19(24(25,26)27)33-34(12)20-18(13-6-17(22(35)36)21(38-4)29-10-13)11-30-23(32-20)31-15-7-14(28-2)8-16(9-15)37-3/h5-11H,1,3-4H3,(H,35,36)(H,30,31,32). The van der Waals surface area contributed by atoms with Crippen molar-refractivity contribution in [1.82, 2.24) is 24.7 Å². The maximum Gasteiger partial charge on any atom is 0.435 e. The Hall–Kier alpha value is -5.19. The molecule has 4 rings (SSSR count). The number of aryl methyl sites for hydroxylation is 1. The van der Waals surface area contributed by atoms with Crippen LogP contribution in [0.5, 0.6) is 11.6 Å². The molecular weight excluding hydrogens is 507 g/mol. The number of halogens is 3. The van der Waals surface area contributed by atoms with Crippen LogP contribution in [0.3, 0.4) is 0 Å². The lowest BCUT2D eigenvalue weighted by molar-refractivity contribution is -0.141. The number of hydrogen-bond donors (Lipinski definition) is 2. The number of hydrogen-bond acceptors (Lipinski definition) is 8. The lowest BCUT2D eigenvalue weighted by Crippen LogP contribution is -2.11. The van der Waals surface area contributed by atoms with Gasteiger partial charge in [-0.25, -0.2) is 24.3 Å². The summed E-state index contributed by atoms with van der Waals surface area (Å²) in [6, 6.07) is 6.73. The lowest BCUT2D eigenvalue weighted by atomic mass is 10.1. The largest absolute Gasteiger partial charge is 0.498 e. The molecule has 0 aliphatic rings. The summed E-state index contributed by atoms with van der Waals surface area (Å²) in [5, 5.41) is 16.1. The zero-order chi connectivity index (χ0) is 27.6. The Morgan fingerprint density at radius 3 is 2.47 bits per heavy atom. The summed E-state index contributed by atoms with van der Waals surface area (Å²) in [4.78, 5) is 27.7. The van der Waals surface area contributed by atoms with Crippen molar-refractivity contribution >= 4 is 23.3 Å². The van der Waals surface area contributed by atoms with E-state index < -0.39 is 17.8 Å². The monoisotopic (exact) mass is 525 g/mol. The minimum atomic E-state index is -4.71. The molecule has 38 heavy (non-hydrogen) atoms. The second kappa shape index (κ2) is 10.1. The van der Waals surface area contributed by atoms with Crippen LogP contribution in [0.15, 0.2) is 42.7 Å². The van der Waals surface area contributed by atoms with Crippen molar-refractivity contribution in [2.24, 2.45) is 0 Å². The third-order valence-corrected chi connectivity index (χ3v) is 5.25. The second-order valence-corrected chi connectivity index (χ2v) is 7.75. The van der Waals surface area contributed by atoms with Gasteiger partial charge >= 0.3 is 12.1 Å². The van der Waals surface area contributed by atoms with Gasteiger partial charge in [-0.05, 0) is 31.2 Å². The number of benzene rings is 1. The maximum atomic E-state index is 13.4. The van der Waals surface area contributed by atoms with Crippen LogP contribution >= 0.6 is 0 Å². The lowest BCUT2D eigenvalue weighted by Gasteiger charge is -2.14. The number of nitrogens with zero attached hydrogens (tertiary/aromatic N) is 6. The third-order valence-electron chi connectivity index (χ3n) is 5.25. The van der Waals surface area contributed by atoms with Gasteiger partial charge in [0.15, 0.2) is 17.2 Å². The van der Waals surface area contributed by atoms with Crippen molar-refractivity contribution in [2.75, 3.05) is 19.5 Å². The topological polar surface area (TPSA) is 129 Å². The molecule has 11 nitrogen and oxygen atoms in total. The molecule has 3 aromatic heterocycles. The smallest absolute Gasteiger partial charge is 0.435 e. The average molecular weight is 525 g/mol. The minimum Gasteiger partial charge on any atom is -0.498 e. The van der Waals surface area contributed by atoms with E-state index in [1.165, 1.54) is 51.7 Å². The zero-order valence-corrected chi connectivity index (χ0v) is 20.0. The van der Waals surface area contributed by atoms with Crippen LogP contribution in [0, 0.1) is 13.5 Å². The first kappa shape index (κ1) is 25.9. The van der Waals surface area contributed by atoms with Crippen molar-refractivity contribution in [3.8, 4) is 28.6 Å². The molecule has 0 fully saturated rings. The molecule has 1 aromatic carbocycles. The van der Waals surface area contributed by atoms with Gasteiger partial charge in [-0.3, -0.25) is 0 Å². The molecule has 0 radical (unpaired) electrons. The molecule has 3 heterocycles. The Kier molecular flexibility index (Phi) is 6.85. The summed E-state index contributed by atoms with van der Waals surface area (Å²) in [5.41, 5.74) is -0.282. The predicted molar refractivity (Wildman–Crippen MR) is 128 cm³/mol. The molecule has 0 atom stereocenters. The first-order chi connectivity index (χ1) is 18.0. The van der Waals surface area contributed by atoms with E-state index in [0.717, 1.165) is 10.7 Å². The van der Waals surface area contributed by atoms with Gasteiger partial charge in [0.25, 0.3) is 0 Å². The maximum absolute atomic E-state index is 13.4. The third kappa shape index (κ3) is 5.16. The Morgan fingerprint density at radius 2 is 1.87 bits per heavy atom. The van der Waals surface area contributed by atoms with E-state index in [9.17, 15) is 23.1 Å². The Morgan fingerprint density at radius 1 is 1.11 bits per heavy atom. The number of carbonyl (C=O) groups is 1. The van der Waals surface area contributed by atoms with E-state index in [1.54, 1.807) is 6.07 Å². The molecule has 0 spiro atoms. The molecule has 14 heteroatoms. The van der Waals surface area contributed by atoms with Gasteiger partial charge in [0.1, 0.15) is 11.3 Å². The van der Waals surface area contributed by atoms with Crippen LogP contribution < -0.4 is 14.8 Å². The molecule has 0 saturated carbocycles. The number of alkyl halides is 3. The highest BCUT2D eigenvalue weighted by Crippen LogP contribution is 2.34. The van der Waals surface area contributed by atoms with E-state index in [4.69, 9.17) is 16.0 Å². The number of carboxylic acid groups (broad SMARTS) is 1. The molecule has 0 bridgehead atoms. The molecule has 0 unspecified atom stereocenters. The molecule has 0 aliphatic heterocycles. The van der Waals surface area contributed by atoms with E-state index in [2.05, 4.69) is 30.2 Å². The number of aromatic nitrogens is 5. The number of pyridine rings is 1. The highest BCUT2D eigenvalue weighted by Gasteiger charge is 2.35. The van der Waals surface area contributed by atoms with E-state index >= 15 is 0 Å². The van der Waals surface area contributed by atoms with Gasteiger partial charge in [0.2, 0.25) is 11.8 Å². The molecule has 0 amide bonds. The SMILES string of the molecule is [C-]#[N+]c1cc(Nc2ncc(-c3cnc(OC)c(C(=O)O)c3)c(-n3nc(C(F)(F)F)cc3C)n2)cc(OC)c1. The van der Waals surface area contributed by atoms with E-state index in [1.807, 2.05) is 0 Å². The highest BCUT2D eigenvalue weighted by molar-refractivity contribution is 5.92. The van der Waals surface area contributed by atoms with Crippen molar-refractivity contribution in [3.05, 3.63) is 71.1 Å². The predicted octanol–water partition coefficient (Wildman–Crippen LogP) is 5.06. The van der Waals surface area contributed by atoms with Gasteiger partial charge in [0.05, 0.1) is 20.8 Å². The quantitative estimate of drug-likeness (QED) is 0.318. The fourth-order valence-electron chi connectivity index (χ4n) is 3.51. The number of nitrogens with one attached hydrogen (secondary N) is 1. The van der Waals surface area contributed by atoms with E-state index in [-0.39, 0.29) is 45.7 Å². The number of methoxy groups -OCH3 is 2. The second-order valence-electron chi connectivity index (χ2n) is 7.75. The van der Waals surface area contributed by atoms with Crippen molar-refractivity contribution in [2.45, 2.75) is 13.1 Å². The molecule has 0 saturated heterocycles. The van der Waals surface area contributed by atoms with Crippen molar-refractivity contribution in [3.63, 3.8) is 0 Å². The van der Waals surface area contributed by atoms with Crippen LogP contribution in [0.1, 0.15) is 21.7 Å². The first-order valence-corrected chi connectivity index (χ1v) is 10.7. The number of carboxylic acids is 1. The summed E-state index contributed by atoms with van der Waals surface area (Å²) in [5.74, 6) is -1.19. The summed E-state index contributed by atoms with van der Waals surface area (Å²) < 4.78 is 51.4. The highest BCUT2D eigenvalue weighted by atomic mass is 19.4. The van der Waals surface area contributed by atoms with Crippen LogP contribution in [0.4, 0.5) is 30.5 Å². The molecule has 194 valence electrons. The Bertz CT molecular complexity index is 1580.